The molecule has 0 saturated heterocycles. The topological polar surface area (TPSA) is 90.9 Å². The van der Waals surface area contributed by atoms with E-state index in [0.29, 0.717) is 17.2 Å². The molecule has 2 aromatic carbocycles. The van der Waals surface area contributed by atoms with Crippen molar-refractivity contribution in [3.63, 3.8) is 0 Å². The number of methoxy groups -OCH3 is 1. The van der Waals surface area contributed by atoms with E-state index in [1.807, 2.05) is 0 Å². The van der Waals surface area contributed by atoms with Crippen LogP contribution in [0, 0.1) is 0 Å². The standard InChI is InChI=1S/C17H15NO6S/c1-22-17(19)16(25(20,21)13-5-3-2-4-6-13)10-18-12-7-8-14-15(9-12)24-11-23-14/h2-10,18H,11H2,1H3/b16-10-. The summed E-state index contributed by atoms with van der Waals surface area (Å²) in [5.74, 6) is 0.167. The highest BCUT2D eigenvalue weighted by atomic mass is 32.2. The van der Waals surface area contributed by atoms with E-state index in [9.17, 15) is 13.2 Å². The second kappa shape index (κ2) is 6.86. The molecule has 0 unspecified atom stereocenters. The molecule has 3 rings (SSSR count). The largest absolute Gasteiger partial charge is 0.465 e. The molecule has 0 aromatic heterocycles. The Hall–Kier alpha value is -3.00. The number of nitrogens with one attached hydrogen (secondary N) is 1. The van der Waals surface area contributed by atoms with E-state index in [0.717, 1.165) is 13.3 Å². The summed E-state index contributed by atoms with van der Waals surface area (Å²) >= 11 is 0. The lowest BCUT2D eigenvalue weighted by atomic mass is 10.3. The Morgan fingerprint density at radius 1 is 1.12 bits per heavy atom. The van der Waals surface area contributed by atoms with Crippen LogP contribution in [-0.4, -0.2) is 28.3 Å². The lowest BCUT2D eigenvalue weighted by Crippen LogP contribution is -2.16. The van der Waals surface area contributed by atoms with Gasteiger partial charge in [0.25, 0.3) is 0 Å². The number of fused-ring (bicyclic) bond motifs is 1. The van der Waals surface area contributed by atoms with E-state index >= 15 is 0 Å². The molecule has 1 N–H and O–H groups in total. The lowest BCUT2D eigenvalue weighted by Gasteiger charge is -2.09. The van der Waals surface area contributed by atoms with Crippen molar-refractivity contribution in [1.82, 2.24) is 0 Å². The molecule has 0 bridgehead atoms. The first-order valence-electron chi connectivity index (χ1n) is 7.27. The second-order valence-electron chi connectivity index (χ2n) is 5.03. The van der Waals surface area contributed by atoms with Gasteiger partial charge >= 0.3 is 5.97 Å². The highest BCUT2D eigenvalue weighted by molar-refractivity contribution is 7.96. The third kappa shape index (κ3) is 3.43. The summed E-state index contributed by atoms with van der Waals surface area (Å²) in [6, 6.07) is 12.7. The normalized spacial score (nSPS) is 13.4. The quantitative estimate of drug-likeness (QED) is 0.645. The van der Waals surface area contributed by atoms with Crippen molar-refractivity contribution in [3.8, 4) is 11.5 Å². The fraction of sp³-hybridized carbons (Fsp3) is 0.118. The number of esters is 1. The van der Waals surface area contributed by atoms with Crippen molar-refractivity contribution in [2.75, 3.05) is 19.2 Å². The summed E-state index contributed by atoms with van der Waals surface area (Å²) in [5.41, 5.74) is 0.536. The molecule has 0 saturated carbocycles. The number of sulfone groups is 1. The van der Waals surface area contributed by atoms with Crippen molar-refractivity contribution < 1.29 is 27.4 Å². The molecular formula is C17H15NO6S. The van der Waals surface area contributed by atoms with Gasteiger partial charge in [-0.2, -0.15) is 0 Å². The van der Waals surface area contributed by atoms with E-state index in [2.05, 4.69) is 10.1 Å². The number of hydrogen-bond acceptors (Lipinski definition) is 7. The van der Waals surface area contributed by atoms with Crippen LogP contribution < -0.4 is 14.8 Å². The molecule has 0 spiro atoms. The van der Waals surface area contributed by atoms with Crippen molar-refractivity contribution in [3.05, 3.63) is 59.6 Å². The van der Waals surface area contributed by atoms with Crippen molar-refractivity contribution >= 4 is 21.5 Å². The maximum Gasteiger partial charge on any atom is 0.351 e. The summed E-state index contributed by atoms with van der Waals surface area (Å²) < 4.78 is 40.5. The zero-order chi connectivity index (χ0) is 17.9. The fourth-order valence-electron chi connectivity index (χ4n) is 2.21. The zero-order valence-electron chi connectivity index (χ0n) is 13.3. The molecule has 8 heteroatoms. The molecular weight excluding hydrogens is 346 g/mol. The van der Waals surface area contributed by atoms with Gasteiger partial charge in [0.2, 0.25) is 16.6 Å². The van der Waals surface area contributed by atoms with Gasteiger partial charge in [-0.25, -0.2) is 13.2 Å². The Balaban J connectivity index is 1.93. The van der Waals surface area contributed by atoms with Gasteiger partial charge in [-0.3, -0.25) is 0 Å². The molecule has 0 atom stereocenters. The van der Waals surface area contributed by atoms with Crippen LogP contribution >= 0.6 is 0 Å². The Labute approximate surface area is 144 Å². The van der Waals surface area contributed by atoms with Crippen LogP contribution in [0.5, 0.6) is 11.5 Å². The Morgan fingerprint density at radius 3 is 2.56 bits per heavy atom. The first-order valence-corrected chi connectivity index (χ1v) is 8.75. The van der Waals surface area contributed by atoms with Crippen LogP contribution in [0.1, 0.15) is 0 Å². The van der Waals surface area contributed by atoms with Crippen molar-refractivity contribution in [2.24, 2.45) is 0 Å². The van der Waals surface area contributed by atoms with E-state index in [4.69, 9.17) is 9.47 Å². The van der Waals surface area contributed by atoms with Gasteiger partial charge in [-0.15, -0.1) is 0 Å². The minimum Gasteiger partial charge on any atom is -0.465 e. The molecule has 1 aliphatic heterocycles. The SMILES string of the molecule is COC(=O)/C(=C/Nc1ccc2c(c1)OCO2)S(=O)(=O)c1ccccc1. The van der Waals surface area contributed by atoms with Crippen LogP contribution in [0.25, 0.3) is 0 Å². The van der Waals surface area contributed by atoms with Crippen LogP contribution in [0.3, 0.4) is 0 Å². The van der Waals surface area contributed by atoms with Gasteiger partial charge in [-0.05, 0) is 24.3 Å². The number of rotatable bonds is 5. The van der Waals surface area contributed by atoms with Gasteiger partial charge in [0.15, 0.2) is 16.4 Å². The van der Waals surface area contributed by atoms with Gasteiger partial charge in [0.1, 0.15) is 0 Å². The number of ether oxygens (including phenoxy) is 3. The number of benzene rings is 2. The maximum atomic E-state index is 12.7. The molecule has 7 nitrogen and oxygen atoms in total. The summed E-state index contributed by atoms with van der Waals surface area (Å²) in [6.07, 6.45) is 1.10. The highest BCUT2D eigenvalue weighted by Gasteiger charge is 2.28. The zero-order valence-corrected chi connectivity index (χ0v) is 14.1. The number of anilines is 1. The lowest BCUT2D eigenvalue weighted by molar-refractivity contribution is -0.135. The van der Waals surface area contributed by atoms with E-state index in [1.54, 1.807) is 36.4 Å². The Morgan fingerprint density at radius 2 is 1.84 bits per heavy atom. The molecule has 25 heavy (non-hydrogen) atoms. The third-order valence-corrected chi connectivity index (χ3v) is 5.23. The molecule has 130 valence electrons. The molecule has 0 aliphatic carbocycles. The van der Waals surface area contributed by atoms with Gasteiger partial charge < -0.3 is 19.5 Å². The molecule has 1 heterocycles. The highest BCUT2D eigenvalue weighted by Crippen LogP contribution is 2.34. The molecule has 0 amide bonds. The fourth-order valence-corrected chi connectivity index (χ4v) is 3.49. The first kappa shape index (κ1) is 16.8. The van der Waals surface area contributed by atoms with Gasteiger partial charge in [-0.1, -0.05) is 18.2 Å². The van der Waals surface area contributed by atoms with Gasteiger partial charge in [0, 0.05) is 18.0 Å². The van der Waals surface area contributed by atoms with E-state index in [-0.39, 0.29) is 11.7 Å². The minimum atomic E-state index is -4.03. The van der Waals surface area contributed by atoms with Crippen LogP contribution in [0.2, 0.25) is 0 Å². The maximum absolute atomic E-state index is 12.7. The molecule has 1 aliphatic rings. The summed E-state index contributed by atoms with van der Waals surface area (Å²) in [5, 5.41) is 2.79. The molecule has 2 aromatic rings. The minimum absolute atomic E-state index is 0.000799. The second-order valence-corrected chi connectivity index (χ2v) is 6.95. The van der Waals surface area contributed by atoms with Crippen molar-refractivity contribution in [2.45, 2.75) is 4.90 Å². The molecule has 0 fully saturated rings. The van der Waals surface area contributed by atoms with E-state index in [1.165, 1.54) is 12.1 Å². The predicted octanol–water partition coefficient (Wildman–Crippen LogP) is 2.32. The smallest absolute Gasteiger partial charge is 0.351 e. The summed E-state index contributed by atoms with van der Waals surface area (Å²) in [4.78, 5) is 11.5. The van der Waals surface area contributed by atoms with Crippen LogP contribution in [0.4, 0.5) is 5.69 Å². The summed E-state index contributed by atoms with van der Waals surface area (Å²) in [6.45, 7) is 0.129. The van der Waals surface area contributed by atoms with Crippen LogP contribution in [0.15, 0.2) is 64.5 Å². The number of hydrogen-bond donors (Lipinski definition) is 1. The average molecular weight is 361 g/mol. The summed E-state index contributed by atoms with van der Waals surface area (Å²) in [7, 11) is -2.90. The first-order chi connectivity index (χ1) is 12.0. The van der Waals surface area contributed by atoms with Gasteiger partial charge in [0.05, 0.1) is 12.0 Å². The number of carbonyl (C=O) groups excluding carboxylic acids is 1. The Kier molecular flexibility index (Phi) is 4.62. The predicted molar refractivity (Wildman–Crippen MR) is 89.9 cm³/mol. The number of carbonyl (C=O) groups is 1. The van der Waals surface area contributed by atoms with E-state index < -0.39 is 20.7 Å². The Bertz CT molecular complexity index is 921. The monoisotopic (exact) mass is 361 g/mol. The van der Waals surface area contributed by atoms with Crippen molar-refractivity contribution in [1.29, 1.82) is 0 Å². The average Bonchev–Trinajstić information content (AvgIpc) is 3.10. The third-order valence-electron chi connectivity index (χ3n) is 3.47. The van der Waals surface area contributed by atoms with Crippen LogP contribution in [-0.2, 0) is 19.4 Å². The molecule has 0 radical (unpaired) electrons.